The quantitative estimate of drug-likeness (QED) is 0.533. The van der Waals surface area contributed by atoms with E-state index in [9.17, 15) is 10.0 Å². The first-order valence-corrected chi connectivity index (χ1v) is 9.76. The molecule has 0 spiro atoms. The molecule has 0 unspecified atom stereocenters. The summed E-state index contributed by atoms with van der Waals surface area (Å²) in [5, 5.41) is 30.4. The Kier molecular flexibility index (Phi) is 6.00. The number of nitrogens with one attached hydrogen (secondary N) is 1. The number of aromatic nitrogens is 3. The van der Waals surface area contributed by atoms with Crippen LogP contribution in [0, 0.1) is 11.3 Å². The van der Waals surface area contributed by atoms with Crippen LogP contribution in [0.15, 0.2) is 55.0 Å². The molecule has 3 N–H and O–H groups in total. The molecule has 4 rings (SSSR count). The Balaban J connectivity index is 1.41. The molecule has 3 heterocycles. The highest BCUT2D eigenvalue weighted by Gasteiger charge is 2.27. The predicted molar refractivity (Wildman–Crippen MR) is 113 cm³/mol. The molecule has 0 bridgehead atoms. The third-order valence-electron chi connectivity index (χ3n) is 5.19. The van der Waals surface area contributed by atoms with Crippen molar-refractivity contribution in [1.29, 1.82) is 5.26 Å². The maximum absolute atomic E-state index is 9.24. The van der Waals surface area contributed by atoms with Gasteiger partial charge in [0.05, 0.1) is 36.0 Å². The van der Waals surface area contributed by atoms with E-state index in [1.54, 1.807) is 42.9 Å². The summed E-state index contributed by atoms with van der Waals surface area (Å²) >= 11 is 0. The van der Waals surface area contributed by atoms with E-state index in [-0.39, 0.29) is 6.04 Å². The summed E-state index contributed by atoms with van der Waals surface area (Å²) in [6, 6.07) is 12.9. The number of anilines is 2. The standard InChI is InChI=1S/C21H21BN6O2/c23-10-17-7-8-18(11-24-17)27-21-13-25-19(12-26-21)20-2-1-9-28(20)14-15-3-5-16(6-4-15)22(29)30/h3-8,11-13,20,29-30H,1-2,9,14H2,(H,26,27)/t20-/m0/s1. The second-order valence-corrected chi connectivity index (χ2v) is 7.24. The van der Waals surface area contributed by atoms with Crippen LogP contribution in [0.25, 0.3) is 0 Å². The highest BCUT2D eigenvalue weighted by molar-refractivity contribution is 6.58. The number of nitrogens with zero attached hydrogens (tertiary/aromatic N) is 5. The number of benzene rings is 1. The van der Waals surface area contributed by atoms with Crippen LogP contribution in [-0.4, -0.2) is 43.6 Å². The minimum atomic E-state index is -1.44. The molecule has 1 aliphatic heterocycles. The minimum absolute atomic E-state index is 0.200. The van der Waals surface area contributed by atoms with Crippen molar-refractivity contribution in [3.05, 3.63) is 71.9 Å². The zero-order valence-corrected chi connectivity index (χ0v) is 16.3. The summed E-state index contributed by atoms with van der Waals surface area (Å²) in [7, 11) is -1.44. The Morgan fingerprint density at radius 2 is 1.90 bits per heavy atom. The van der Waals surface area contributed by atoms with Gasteiger partial charge in [0.1, 0.15) is 17.6 Å². The van der Waals surface area contributed by atoms with Crippen molar-refractivity contribution in [2.24, 2.45) is 0 Å². The van der Waals surface area contributed by atoms with Gasteiger partial charge < -0.3 is 15.4 Å². The van der Waals surface area contributed by atoms with Crippen LogP contribution in [-0.2, 0) is 6.54 Å². The highest BCUT2D eigenvalue weighted by atomic mass is 16.4. The molecule has 1 saturated heterocycles. The van der Waals surface area contributed by atoms with Crippen molar-refractivity contribution in [1.82, 2.24) is 19.9 Å². The molecule has 9 heteroatoms. The lowest BCUT2D eigenvalue weighted by Crippen LogP contribution is -2.30. The molecule has 1 aromatic carbocycles. The van der Waals surface area contributed by atoms with Crippen molar-refractivity contribution < 1.29 is 10.0 Å². The summed E-state index contributed by atoms with van der Waals surface area (Å²) in [4.78, 5) is 15.5. The number of hydrogen-bond donors (Lipinski definition) is 3. The van der Waals surface area contributed by atoms with E-state index < -0.39 is 7.12 Å². The fourth-order valence-corrected chi connectivity index (χ4v) is 3.64. The molecule has 0 saturated carbocycles. The van der Waals surface area contributed by atoms with Crippen molar-refractivity contribution >= 4 is 24.1 Å². The van der Waals surface area contributed by atoms with Crippen LogP contribution < -0.4 is 10.8 Å². The molecule has 30 heavy (non-hydrogen) atoms. The van der Waals surface area contributed by atoms with E-state index in [0.29, 0.717) is 17.0 Å². The first-order valence-electron chi connectivity index (χ1n) is 9.76. The molecular formula is C21H21BN6O2. The first-order chi connectivity index (χ1) is 14.6. The van der Waals surface area contributed by atoms with Crippen LogP contribution >= 0.6 is 0 Å². The van der Waals surface area contributed by atoms with Crippen LogP contribution in [0.2, 0.25) is 0 Å². The normalized spacial score (nSPS) is 16.2. The van der Waals surface area contributed by atoms with E-state index >= 15 is 0 Å². The van der Waals surface area contributed by atoms with Crippen LogP contribution in [0.1, 0.15) is 35.8 Å². The summed E-state index contributed by atoms with van der Waals surface area (Å²) in [6.07, 6.45) is 7.22. The zero-order chi connectivity index (χ0) is 20.9. The second-order valence-electron chi connectivity index (χ2n) is 7.24. The second kappa shape index (κ2) is 9.01. The van der Waals surface area contributed by atoms with E-state index in [0.717, 1.165) is 42.9 Å². The largest absolute Gasteiger partial charge is 0.488 e. The minimum Gasteiger partial charge on any atom is -0.423 e. The SMILES string of the molecule is N#Cc1ccc(Nc2cnc([C@@H]3CCCN3Cc3ccc(B(O)O)cc3)cn2)cn1. The van der Waals surface area contributed by atoms with Crippen LogP contribution in [0.3, 0.4) is 0 Å². The molecule has 8 nitrogen and oxygen atoms in total. The summed E-state index contributed by atoms with van der Waals surface area (Å²) in [6.45, 7) is 1.75. The fourth-order valence-electron chi connectivity index (χ4n) is 3.64. The van der Waals surface area contributed by atoms with Crippen LogP contribution in [0.5, 0.6) is 0 Å². The van der Waals surface area contributed by atoms with Gasteiger partial charge in [-0.15, -0.1) is 0 Å². The van der Waals surface area contributed by atoms with E-state index in [2.05, 4.69) is 25.2 Å². The highest BCUT2D eigenvalue weighted by Crippen LogP contribution is 2.32. The molecule has 1 fully saturated rings. The van der Waals surface area contributed by atoms with E-state index in [4.69, 9.17) is 5.26 Å². The van der Waals surface area contributed by atoms with Gasteiger partial charge in [-0.2, -0.15) is 5.26 Å². The topological polar surface area (TPSA) is 118 Å². The zero-order valence-electron chi connectivity index (χ0n) is 16.3. The number of pyridine rings is 1. The summed E-state index contributed by atoms with van der Waals surface area (Å²) in [5.74, 6) is 0.618. The molecule has 0 radical (unpaired) electrons. The monoisotopic (exact) mass is 400 g/mol. The van der Waals surface area contributed by atoms with Gasteiger partial charge in [-0.3, -0.25) is 9.88 Å². The Labute approximate surface area is 175 Å². The number of nitriles is 1. The lowest BCUT2D eigenvalue weighted by Gasteiger charge is -2.24. The number of likely N-dealkylation sites (tertiary alicyclic amines) is 1. The molecule has 3 aromatic rings. The van der Waals surface area contributed by atoms with Gasteiger partial charge in [-0.1, -0.05) is 24.3 Å². The maximum atomic E-state index is 9.24. The lowest BCUT2D eigenvalue weighted by molar-refractivity contribution is 0.244. The molecule has 0 aliphatic carbocycles. The summed E-state index contributed by atoms with van der Waals surface area (Å²) in [5.41, 5.74) is 3.65. The molecule has 1 aliphatic rings. The van der Waals surface area contributed by atoms with Crippen molar-refractivity contribution in [2.45, 2.75) is 25.4 Å². The average Bonchev–Trinajstić information content (AvgIpc) is 3.23. The first kappa shape index (κ1) is 20.0. The van der Waals surface area contributed by atoms with E-state index in [1.807, 2.05) is 18.2 Å². The molecule has 2 aromatic heterocycles. The van der Waals surface area contributed by atoms with Gasteiger partial charge in [0.25, 0.3) is 0 Å². The van der Waals surface area contributed by atoms with Gasteiger partial charge in [0.2, 0.25) is 0 Å². The van der Waals surface area contributed by atoms with Crippen molar-refractivity contribution in [2.75, 3.05) is 11.9 Å². The Hall–Kier alpha value is -3.32. The fraction of sp³-hybridized carbons (Fsp3) is 0.238. The number of rotatable bonds is 6. The third kappa shape index (κ3) is 4.63. The lowest BCUT2D eigenvalue weighted by atomic mass is 9.80. The molecular weight excluding hydrogens is 379 g/mol. The van der Waals surface area contributed by atoms with Gasteiger partial charge in [-0.05, 0) is 42.5 Å². The van der Waals surface area contributed by atoms with Crippen LogP contribution in [0.4, 0.5) is 11.5 Å². The Bertz CT molecular complexity index is 1020. The maximum Gasteiger partial charge on any atom is 0.488 e. The molecule has 150 valence electrons. The summed E-state index contributed by atoms with van der Waals surface area (Å²) < 4.78 is 0. The molecule has 1 atom stereocenters. The van der Waals surface area contributed by atoms with Gasteiger partial charge in [-0.25, -0.2) is 9.97 Å². The average molecular weight is 400 g/mol. The van der Waals surface area contributed by atoms with Crippen molar-refractivity contribution in [3.63, 3.8) is 0 Å². The van der Waals surface area contributed by atoms with Gasteiger partial charge in [0.15, 0.2) is 0 Å². The predicted octanol–water partition coefficient (Wildman–Crippen LogP) is 1.50. The smallest absolute Gasteiger partial charge is 0.423 e. The van der Waals surface area contributed by atoms with E-state index in [1.165, 1.54) is 0 Å². The van der Waals surface area contributed by atoms with Gasteiger partial charge >= 0.3 is 7.12 Å². The third-order valence-corrected chi connectivity index (χ3v) is 5.19. The Morgan fingerprint density at radius 1 is 1.07 bits per heavy atom. The number of hydrogen-bond acceptors (Lipinski definition) is 8. The Morgan fingerprint density at radius 3 is 2.53 bits per heavy atom. The van der Waals surface area contributed by atoms with Crippen molar-refractivity contribution in [3.8, 4) is 6.07 Å². The van der Waals surface area contributed by atoms with Gasteiger partial charge in [0, 0.05) is 6.54 Å². The molecule has 0 amide bonds.